The van der Waals surface area contributed by atoms with Crippen molar-refractivity contribution in [3.05, 3.63) is 77.5 Å². The van der Waals surface area contributed by atoms with Crippen molar-refractivity contribution in [1.82, 2.24) is 10.6 Å². The van der Waals surface area contributed by atoms with E-state index in [2.05, 4.69) is 78.4 Å². The van der Waals surface area contributed by atoms with Crippen molar-refractivity contribution in [3.63, 3.8) is 0 Å². The van der Waals surface area contributed by atoms with Gasteiger partial charge >= 0.3 is 0 Å². The van der Waals surface area contributed by atoms with Gasteiger partial charge in [-0.3, -0.25) is 0 Å². The van der Waals surface area contributed by atoms with Crippen molar-refractivity contribution >= 4 is 17.1 Å². The predicted molar refractivity (Wildman–Crippen MR) is 127 cm³/mol. The number of nitrogens with two attached hydrogens (primary N) is 1. The van der Waals surface area contributed by atoms with Crippen LogP contribution in [0.2, 0.25) is 0 Å². The molecule has 0 aromatic heterocycles. The van der Waals surface area contributed by atoms with Gasteiger partial charge in [-0.2, -0.15) is 0 Å². The third-order valence-electron chi connectivity index (χ3n) is 4.97. The molecule has 4 nitrogen and oxygen atoms in total. The number of hydrogen-bond donors (Lipinski definition) is 3. The number of nitrogens with zero attached hydrogens (tertiary/aromatic N) is 1. The van der Waals surface area contributed by atoms with Crippen LogP contribution in [0, 0.1) is 0 Å². The third kappa shape index (κ3) is 5.21. The minimum atomic E-state index is 0.468. The average Bonchev–Trinajstić information content (AvgIpc) is 2.73. The van der Waals surface area contributed by atoms with Gasteiger partial charge in [0.2, 0.25) is 0 Å². The Balaban J connectivity index is 0.00000145. The van der Waals surface area contributed by atoms with Crippen LogP contribution >= 0.6 is 0 Å². The molecule has 0 unspecified atom stereocenters. The summed E-state index contributed by atoms with van der Waals surface area (Å²) in [4.78, 5) is 2.30. The van der Waals surface area contributed by atoms with Crippen LogP contribution in [0.15, 0.2) is 60.8 Å². The second-order valence-corrected chi connectivity index (χ2v) is 7.22. The SMILES string of the molecule is C=C(CCNC(C)C)N1Cc2ccccc2/C(NC)=C(/N)c2ccccc21.CC. The Labute approximate surface area is 176 Å². The van der Waals surface area contributed by atoms with Gasteiger partial charge in [0.1, 0.15) is 0 Å². The molecule has 4 N–H and O–H groups in total. The molecule has 0 saturated heterocycles. The van der Waals surface area contributed by atoms with Gasteiger partial charge < -0.3 is 21.3 Å². The number of hydrogen-bond acceptors (Lipinski definition) is 4. The van der Waals surface area contributed by atoms with Gasteiger partial charge in [0.05, 0.1) is 17.1 Å². The van der Waals surface area contributed by atoms with E-state index >= 15 is 0 Å². The molecule has 1 aliphatic rings. The second-order valence-electron chi connectivity index (χ2n) is 7.22. The molecule has 4 heteroatoms. The number of fused-ring (bicyclic) bond motifs is 2. The summed E-state index contributed by atoms with van der Waals surface area (Å²) in [6.45, 7) is 14.4. The van der Waals surface area contributed by atoms with Crippen molar-refractivity contribution in [3.8, 4) is 0 Å². The van der Waals surface area contributed by atoms with E-state index < -0.39 is 0 Å². The van der Waals surface area contributed by atoms with Crippen molar-refractivity contribution < 1.29 is 0 Å². The minimum Gasteiger partial charge on any atom is -0.396 e. The van der Waals surface area contributed by atoms with Crippen molar-refractivity contribution in [2.45, 2.75) is 46.7 Å². The Morgan fingerprint density at radius 2 is 1.69 bits per heavy atom. The molecule has 0 saturated carbocycles. The first-order valence-electron chi connectivity index (χ1n) is 10.6. The smallest absolute Gasteiger partial charge is 0.0655 e. The Morgan fingerprint density at radius 1 is 1.07 bits per heavy atom. The lowest BCUT2D eigenvalue weighted by Crippen LogP contribution is -2.30. The molecule has 0 spiro atoms. The summed E-state index contributed by atoms with van der Waals surface area (Å²) in [6.07, 6.45) is 0.886. The van der Waals surface area contributed by atoms with Crippen molar-refractivity contribution in [1.29, 1.82) is 0 Å². The molecule has 0 radical (unpaired) electrons. The molecule has 1 heterocycles. The van der Waals surface area contributed by atoms with E-state index in [0.717, 1.165) is 53.4 Å². The Hall–Kier alpha value is -2.72. The third-order valence-corrected chi connectivity index (χ3v) is 4.97. The summed E-state index contributed by atoms with van der Waals surface area (Å²) in [6, 6.07) is 17.2. The van der Waals surface area contributed by atoms with Crippen molar-refractivity contribution in [2.24, 2.45) is 5.73 Å². The molecule has 0 aliphatic carbocycles. The zero-order chi connectivity index (χ0) is 21.4. The minimum absolute atomic E-state index is 0.468. The van der Waals surface area contributed by atoms with E-state index in [1.165, 1.54) is 5.56 Å². The maximum absolute atomic E-state index is 6.64. The topological polar surface area (TPSA) is 53.3 Å². The molecule has 0 fully saturated rings. The molecule has 0 bridgehead atoms. The lowest BCUT2D eigenvalue weighted by Gasteiger charge is -2.33. The van der Waals surface area contributed by atoms with Crippen molar-refractivity contribution in [2.75, 3.05) is 18.5 Å². The largest absolute Gasteiger partial charge is 0.396 e. The highest BCUT2D eigenvalue weighted by Crippen LogP contribution is 2.36. The highest BCUT2D eigenvalue weighted by Gasteiger charge is 2.23. The Bertz CT molecular complexity index is 851. The summed E-state index contributed by atoms with van der Waals surface area (Å²) in [5.74, 6) is 0. The summed E-state index contributed by atoms with van der Waals surface area (Å²) < 4.78 is 0. The molecule has 2 aromatic carbocycles. The molecule has 1 aliphatic heterocycles. The zero-order valence-electron chi connectivity index (χ0n) is 18.5. The zero-order valence-corrected chi connectivity index (χ0v) is 18.5. The summed E-state index contributed by atoms with van der Waals surface area (Å²) in [5.41, 5.74) is 14.0. The fourth-order valence-electron chi connectivity index (χ4n) is 3.57. The van der Waals surface area contributed by atoms with Gasteiger partial charge in [-0.05, 0) is 18.1 Å². The van der Waals surface area contributed by atoms with E-state index in [-0.39, 0.29) is 0 Å². The number of para-hydroxylation sites is 1. The number of nitrogens with one attached hydrogen (secondary N) is 2. The van der Waals surface area contributed by atoms with Crippen LogP contribution in [0.3, 0.4) is 0 Å². The molecular weight excluding hydrogens is 356 g/mol. The van der Waals surface area contributed by atoms with Gasteiger partial charge in [0, 0.05) is 43.0 Å². The Kier molecular flexibility index (Phi) is 8.34. The molecule has 3 rings (SSSR count). The van der Waals surface area contributed by atoms with Crippen LogP contribution < -0.4 is 21.3 Å². The van der Waals surface area contributed by atoms with E-state index in [0.29, 0.717) is 6.04 Å². The molecule has 156 valence electrons. The van der Waals surface area contributed by atoms with Crippen LogP contribution in [-0.4, -0.2) is 19.6 Å². The average molecular weight is 393 g/mol. The predicted octanol–water partition coefficient (Wildman–Crippen LogP) is 4.94. The monoisotopic (exact) mass is 392 g/mol. The van der Waals surface area contributed by atoms with Gasteiger partial charge in [-0.15, -0.1) is 0 Å². The molecule has 0 atom stereocenters. The van der Waals surface area contributed by atoms with E-state index in [1.54, 1.807) is 0 Å². The van der Waals surface area contributed by atoms with E-state index in [9.17, 15) is 0 Å². The van der Waals surface area contributed by atoms with E-state index in [4.69, 9.17) is 5.73 Å². The molecule has 29 heavy (non-hydrogen) atoms. The lowest BCUT2D eigenvalue weighted by atomic mass is 9.95. The highest BCUT2D eigenvalue weighted by molar-refractivity contribution is 5.94. The fraction of sp³-hybridized carbons (Fsp3) is 0.360. The highest BCUT2D eigenvalue weighted by atomic mass is 15.1. The maximum Gasteiger partial charge on any atom is 0.0655 e. The Morgan fingerprint density at radius 3 is 2.34 bits per heavy atom. The fourth-order valence-corrected chi connectivity index (χ4v) is 3.57. The number of rotatable bonds is 6. The summed E-state index contributed by atoms with van der Waals surface area (Å²) in [7, 11) is 1.93. The summed E-state index contributed by atoms with van der Waals surface area (Å²) in [5, 5.41) is 6.79. The van der Waals surface area contributed by atoms with E-state index in [1.807, 2.05) is 27.0 Å². The number of anilines is 1. The number of benzene rings is 2. The first-order chi connectivity index (χ1) is 14.0. The van der Waals surface area contributed by atoms with Crippen LogP contribution in [-0.2, 0) is 6.54 Å². The van der Waals surface area contributed by atoms with Crippen LogP contribution in [0.1, 0.15) is 50.8 Å². The first-order valence-corrected chi connectivity index (χ1v) is 10.6. The maximum atomic E-state index is 6.64. The van der Waals surface area contributed by atoms with Crippen LogP contribution in [0.5, 0.6) is 0 Å². The molecule has 0 amide bonds. The molecular formula is C25H36N4. The summed E-state index contributed by atoms with van der Waals surface area (Å²) >= 11 is 0. The first kappa shape index (κ1) is 22.6. The normalized spacial score (nSPS) is 15.4. The quantitative estimate of drug-likeness (QED) is 0.652. The van der Waals surface area contributed by atoms with Crippen LogP contribution in [0.25, 0.3) is 11.4 Å². The van der Waals surface area contributed by atoms with Gasteiger partial charge in [-0.1, -0.05) is 76.7 Å². The van der Waals surface area contributed by atoms with Gasteiger partial charge in [0.15, 0.2) is 0 Å². The standard InChI is InChI=1S/C23H30N4.C2H6/c1-16(2)26-14-13-17(3)27-15-18-9-5-6-10-19(18)23(25-4)22(24)20-11-7-8-12-21(20)27;1-2/h5-12,16,25-26H,3,13-15,24H2,1-2,4H3;1-2H3/b23-22-;. The second kappa shape index (κ2) is 10.7. The van der Waals surface area contributed by atoms with Crippen LogP contribution in [0.4, 0.5) is 5.69 Å². The van der Waals surface area contributed by atoms with Gasteiger partial charge in [-0.25, -0.2) is 0 Å². The molecule has 2 aromatic rings. The van der Waals surface area contributed by atoms with Gasteiger partial charge in [0.25, 0.3) is 0 Å². The lowest BCUT2D eigenvalue weighted by molar-refractivity contribution is 0.584.